The molecule has 2 N–H and O–H groups in total. The topological polar surface area (TPSA) is 82.5 Å². The zero-order chi connectivity index (χ0) is 14.7. The predicted molar refractivity (Wildman–Crippen MR) is 77.7 cm³/mol. The minimum Gasteiger partial charge on any atom is -0.465 e. The number of rotatable bonds is 3. The first-order valence-corrected chi connectivity index (χ1v) is 6.61. The molecule has 0 fully saturated rings. The van der Waals surface area contributed by atoms with Gasteiger partial charge in [0.05, 0.1) is 5.69 Å². The fourth-order valence-corrected chi connectivity index (χ4v) is 2.59. The van der Waals surface area contributed by atoms with E-state index in [4.69, 9.17) is 5.11 Å². The number of hydrogen-bond acceptors (Lipinski definition) is 4. The molecule has 0 aliphatic heterocycles. The summed E-state index contributed by atoms with van der Waals surface area (Å²) in [5.74, 6) is -0.218. The molecular weight excluding hydrogens is 278 g/mol. The van der Waals surface area contributed by atoms with Crippen molar-refractivity contribution in [3.63, 3.8) is 0 Å². The van der Waals surface area contributed by atoms with Gasteiger partial charge in [0, 0.05) is 12.7 Å². The molecule has 1 heterocycles. The Morgan fingerprint density at radius 1 is 1.30 bits per heavy atom. The zero-order valence-corrected chi connectivity index (χ0v) is 11.8. The summed E-state index contributed by atoms with van der Waals surface area (Å²) in [6.45, 7) is 1.68. The van der Waals surface area contributed by atoms with Crippen LogP contribution in [0.3, 0.4) is 0 Å². The van der Waals surface area contributed by atoms with Crippen LogP contribution in [0.25, 0.3) is 0 Å². The van der Waals surface area contributed by atoms with Gasteiger partial charge in [-0.3, -0.25) is 10.1 Å². The predicted octanol–water partition coefficient (Wildman–Crippen LogP) is 2.82. The van der Waals surface area contributed by atoms with E-state index in [2.05, 4.69) is 10.3 Å². The number of aryl methyl sites for hydroxylation is 1. The molecule has 2 rings (SSSR count). The fourth-order valence-electron chi connectivity index (χ4n) is 1.66. The standard InChI is InChI=1S/C13H13N3O3S/c1-8-10(20-12(14-8)15-13(18)19)11(17)16(2)9-6-4-3-5-7-9/h3-7H,1-2H3,(H,14,15)(H,18,19). The van der Waals surface area contributed by atoms with E-state index in [1.165, 1.54) is 4.90 Å². The van der Waals surface area contributed by atoms with Gasteiger partial charge in [-0.1, -0.05) is 29.5 Å². The van der Waals surface area contributed by atoms with Crippen molar-refractivity contribution in [2.24, 2.45) is 0 Å². The molecule has 0 radical (unpaired) electrons. The van der Waals surface area contributed by atoms with Gasteiger partial charge in [0.25, 0.3) is 5.91 Å². The highest BCUT2D eigenvalue weighted by Gasteiger charge is 2.20. The van der Waals surface area contributed by atoms with E-state index >= 15 is 0 Å². The molecular formula is C13H13N3O3S. The van der Waals surface area contributed by atoms with Gasteiger partial charge in [-0.15, -0.1) is 0 Å². The maximum atomic E-state index is 12.4. The van der Waals surface area contributed by atoms with Crippen LogP contribution in [0.1, 0.15) is 15.4 Å². The van der Waals surface area contributed by atoms with Gasteiger partial charge in [0.1, 0.15) is 4.88 Å². The Morgan fingerprint density at radius 2 is 1.95 bits per heavy atom. The van der Waals surface area contributed by atoms with Crippen LogP contribution in [0.4, 0.5) is 15.6 Å². The summed E-state index contributed by atoms with van der Waals surface area (Å²) in [6, 6.07) is 9.20. The zero-order valence-electron chi connectivity index (χ0n) is 11.0. The summed E-state index contributed by atoms with van der Waals surface area (Å²) in [5.41, 5.74) is 1.27. The Labute approximate surface area is 119 Å². The van der Waals surface area contributed by atoms with Gasteiger partial charge in [0.15, 0.2) is 5.13 Å². The minimum absolute atomic E-state index is 0.194. The first kappa shape index (κ1) is 14.0. The van der Waals surface area contributed by atoms with Crippen LogP contribution in [-0.2, 0) is 0 Å². The molecule has 0 aliphatic rings. The smallest absolute Gasteiger partial charge is 0.410 e. The normalized spacial score (nSPS) is 10.1. The van der Waals surface area contributed by atoms with Crippen molar-refractivity contribution in [3.05, 3.63) is 40.9 Å². The number of benzene rings is 1. The second-order valence-corrected chi connectivity index (χ2v) is 5.06. The monoisotopic (exact) mass is 291 g/mol. The summed E-state index contributed by atoms with van der Waals surface area (Å²) >= 11 is 1.02. The third kappa shape index (κ3) is 2.94. The van der Waals surface area contributed by atoms with Crippen molar-refractivity contribution in [3.8, 4) is 0 Å². The molecule has 0 spiro atoms. The molecule has 1 aromatic heterocycles. The minimum atomic E-state index is -1.20. The number of hydrogen-bond donors (Lipinski definition) is 2. The molecule has 0 unspecified atom stereocenters. The Morgan fingerprint density at radius 3 is 2.55 bits per heavy atom. The van der Waals surface area contributed by atoms with Gasteiger partial charge in [-0.05, 0) is 19.1 Å². The van der Waals surface area contributed by atoms with Crippen molar-refractivity contribution >= 4 is 34.2 Å². The molecule has 104 valence electrons. The lowest BCUT2D eigenvalue weighted by Gasteiger charge is -2.16. The molecule has 0 saturated carbocycles. The lowest BCUT2D eigenvalue weighted by Crippen LogP contribution is -2.25. The van der Waals surface area contributed by atoms with E-state index in [9.17, 15) is 9.59 Å². The van der Waals surface area contributed by atoms with Crippen molar-refractivity contribution in [1.29, 1.82) is 0 Å². The van der Waals surface area contributed by atoms with Crippen LogP contribution in [-0.4, -0.2) is 29.1 Å². The Balaban J connectivity index is 2.25. The SMILES string of the molecule is Cc1nc(NC(=O)O)sc1C(=O)N(C)c1ccccc1. The second-order valence-electron chi connectivity index (χ2n) is 4.06. The molecule has 0 aliphatic carbocycles. The van der Waals surface area contributed by atoms with E-state index < -0.39 is 6.09 Å². The summed E-state index contributed by atoms with van der Waals surface area (Å²) in [5, 5.41) is 11.0. The average Bonchev–Trinajstić information content (AvgIpc) is 2.78. The summed E-state index contributed by atoms with van der Waals surface area (Å²) in [7, 11) is 1.67. The molecule has 2 aromatic rings. The number of nitrogens with zero attached hydrogens (tertiary/aromatic N) is 2. The van der Waals surface area contributed by atoms with Crippen LogP contribution in [0, 0.1) is 6.92 Å². The summed E-state index contributed by atoms with van der Waals surface area (Å²) < 4.78 is 0. The van der Waals surface area contributed by atoms with Crippen LogP contribution in [0.2, 0.25) is 0 Å². The highest BCUT2D eigenvalue weighted by Crippen LogP contribution is 2.25. The number of carboxylic acid groups (broad SMARTS) is 1. The number of carbonyl (C=O) groups excluding carboxylic acids is 1. The molecule has 7 heteroatoms. The van der Waals surface area contributed by atoms with E-state index in [0.29, 0.717) is 10.6 Å². The lowest BCUT2D eigenvalue weighted by molar-refractivity contribution is 0.0996. The third-order valence-electron chi connectivity index (χ3n) is 2.65. The third-order valence-corrected chi connectivity index (χ3v) is 3.71. The van der Waals surface area contributed by atoms with Crippen LogP contribution >= 0.6 is 11.3 Å². The number of anilines is 2. The van der Waals surface area contributed by atoms with E-state index in [-0.39, 0.29) is 11.0 Å². The van der Waals surface area contributed by atoms with Crippen molar-refractivity contribution in [2.45, 2.75) is 6.92 Å². The van der Waals surface area contributed by atoms with Crippen molar-refractivity contribution in [1.82, 2.24) is 4.98 Å². The maximum Gasteiger partial charge on any atom is 0.410 e. The molecule has 0 saturated heterocycles. The van der Waals surface area contributed by atoms with Crippen LogP contribution in [0.5, 0.6) is 0 Å². The molecule has 20 heavy (non-hydrogen) atoms. The molecule has 2 amide bonds. The van der Waals surface area contributed by atoms with E-state index in [1.807, 2.05) is 30.3 Å². The number of aromatic nitrogens is 1. The molecule has 1 aromatic carbocycles. The van der Waals surface area contributed by atoms with Crippen molar-refractivity contribution < 1.29 is 14.7 Å². The van der Waals surface area contributed by atoms with E-state index in [1.54, 1.807) is 14.0 Å². The highest BCUT2D eigenvalue weighted by molar-refractivity contribution is 7.17. The number of nitrogens with one attached hydrogen (secondary N) is 1. The Bertz CT molecular complexity index is 640. The fraction of sp³-hybridized carbons (Fsp3) is 0.154. The molecule has 0 atom stereocenters. The van der Waals surface area contributed by atoms with Crippen molar-refractivity contribution in [2.75, 3.05) is 17.3 Å². The van der Waals surface area contributed by atoms with E-state index in [0.717, 1.165) is 17.0 Å². The number of para-hydroxylation sites is 1. The Kier molecular flexibility index (Phi) is 3.99. The second kappa shape index (κ2) is 5.70. The van der Waals surface area contributed by atoms with Gasteiger partial charge >= 0.3 is 6.09 Å². The lowest BCUT2D eigenvalue weighted by atomic mass is 10.3. The number of carbonyl (C=O) groups is 2. The van der Waals surface area contributed by atoms with Gasteiger partial charge in [-0.25, -0.2) is 9.78 Å². The summed E-state index contributed by atoms with van der Waals surface area (Å²) in [4.78, 5) is 28.9. The quantitative estimate of drug-likeness (QED) is 0.911. The average molecular weight is 291 g/mol. The number of thiazole rings is 1. The van der Waals surface area contributed by atoms with Crippen LogP contribution < -0.4 is 10.2 Å². The number of amides is 2. The molecule has 0 bridgehead atoms. The molecule has 6 nitrogen and oxygen atoms in total. The first-order chi connectivity index (χ1) is 9.49. The largest absolute Gasteiger partial charge is 0.465 e. The van der Waals surface area contributed by atoms with Crippen LogP contribution in [0.15, 0.2) is 30.3 Å². The van der Waals surface area contributed by atoms with Gasteiger partial charge in [-0.2, -0.15) is 0 Å². The Hall–Kier alpha value is -2.41. The van der Waals surface area contributed by atoms with Gasteiger partial charge < -0.3 is 10.0 Å². The highest BCUT2D eigenvalue weighted by atomic mass is 32.1. The summed E-state index contributed by atoms with van der Waals surface area (Å²) in [6.07, 6.45) is -1.20. The first-order valence-electron chi connectivity index (χ1n) is 5.79. The van der Waals surface area contributed by atoms with Gasteiger partial charge in [0.2, 0.25) is 0 Å². The maximum absolute atomic E-state index is 12.4.